The van der Waals surface area contributed by atoms with Crippen LogP contribution in [0.1, 0.15) is 17.4 Å². The quantitative estimate of drug-likeness (QED) is 0.733. The largest absolute Gasteiger partial charge is 0.497 e. The summed E-state index contributed by atoms with van der Waals surface area (Å²) in [5, 5.41) is 2.36. The van der Waals surface area contributed by atoms with Crippen LogP contribution in [0.2, 0.25) is 0 Å². The summed E-state index contributed by atoms with van der Waals surface area (Å²) in [6.45, 7) is 4.31. The first-order chi connectivity index (χ1) is 12.2. The average molecular weight is 335 g/mol. The van der Waals surface area contributed by atoms with E-state index < -0.39 is 0 Å². The maximum Gasteiger partial charge on any atom is 0.132 e. The summed E-state index contributed by atoms with van der Waals surface area (Å²) < 4.78 is 11.3. The van der Waals surface area contributed by atoms with Gasteiger partial charge in [0.2, 0.25) is 0 Å². The van der Waals surface area contributed by atoms with Crippen LogP contribution in [0.3, 0.4) is 0 Å². The zero-order chi connectivity index (χ0) is 17.2. The fourth-order valence-electron chi connectivity index (χ4n) is 3.24. The second-order valence-electron chi connectivity index (χ2n) is 6.30. The topological polar surface area (TPSA) is 47.5 Å². The van der Waals surface area contributed by atoms with E-state index in [1.54, 1.807) is 13.4 Å². The molecule has 0 aliphatic carbocycles. The highest BCUT2D eigenvalue weighted by Crippen LogP contribution is 2.29. The van der Waals surface area contributed by atoms with Crippen molar-refractivity contribution in [1.82, 2.24) is 9.97 Å². The van der Waals surface area contributed by atoms with Crippen LogP contribution in [0.15, 0.2) is 48.8 Å². The average Bonchev–Trinajstić information content (AvgIpc) is 2.67. The number of rotatable bonds is 3. The van der Waals surface area contributed by atoms with Crippen molar-refractivity contribution in [1.29, 1.82) is 0 Å². The lowest BCUT2D eigenvalue weighted by atomic mass is 10.0. The molecule has 1 saturated heterocycles. The molecule has 3 aromatic rings. The molecule has 0 amide bonds. The second kappa shape index (κ2) is 6.69. The van der Waals surface area contributed by atoms with Gasteiger partial charge in [0.25, 0.3) is 0 Å². The SMILES string of the molecule is COc1ccc2cc([C@H]3CN(c4cc(C)ncn4)CCO3)ccc2c1. The summed E-state index contributed by atoms with van der Waals surface area (Å²) in [6.07, 6.45) is 1.66. The van der Waals surface area contributed by atoms with Crippen LogP contribution in [-0.4, -0.2) is 36.8 Å². The number of ether oxygens (including phenoxy) is 2. The van der Waals surface area contributed by atoms with Gasteiger partial charge in [-0.05, 0) is 41.5 Å². The van der Waals surface area contributed by atoms with Crippen LogP contribution < -0.4 is 9.64 Å². The zero-order valence-electron chi connectivity index (χ0n) is 14.5. The normalized spacial score (nSPS) is 17.7. The van der Waals surface area contributed by atoms with Gasteiger partial charge in [-0.25, -0.2) is 9.97 Å². The molecule has 2 heterocycles. The number of fused-ring (bicyclic) bond motifs is 1. The second-order valence-corrected chi connectivity index (χ2v) is 6.30. The smallest absolute Gasteiger partial charge is 0.132 e. The fraction of sp³-hybridized carbons (Fsp3) is 0.300. The molecule has 1 atom stereocenters. The third-order valence-corrected chi connectivity index (χ3v) is 4.62. The molecule has 1 aromatic heterocycles. The van der Waals surface area contributed by atoms with Gasteiger partial charge in [-0.1, -0.05) is 18.2 Å². The van der Waals surface area contributed by atoms with E-state index in [9.17, 15) is 0 Å². The molecule has 128 valence electrons. The van der Waals surface area contributed by atoms with Gasteiger partial charge in [0.15, 0.2) is 0 Å². The lowest BCUT2D eigenvalue weighted by Crippen LogP contribution is -2.38. The van der Waals surface area contributed by atoms with Crippen molar-refractivity contribution in [2.24, 2.45) is 0 Å². The Kier molecular flexibility index (Phi) is 4.24. The van der Waals surface area contributed by atoms with Crippen molar-refractivity contribution in [2.45, 2.75) is 13.0 Å². The van der Waals surface area contributed by atoms with Crippen molar-refractivity contribution in [3.05, 3.63) is 60.0 Å². The minimum Gasteiger partial charge on any atom is -0.497 e. The monoisotopic (exact) mass is 335 g/mol. The van der Waals surface area contributed by atoms with E-state index in [1.807, 2.05) is 19.1 Å². The van der Waals surface area contributed by atoms with Crippen molar-refractivity contribution in [2.75, 3.05) is 31.7 Å². The highest BCUT2D eigenvalue weighted by molar-refractivity contribution is 5.84. The van der Waals surface area contributed by atoms with Gasteiger partial charge >= 0.3 is 0 Å². The van der Waals surface area contributed by atoms with Crippen LogP contribution in [0.5, 0.6) is 5.75 Å². The standard InChI is InChI=1S/C20H21N3O2/c1-14-9-20(22-13-21-14)23-7-8-25-19(12-23)17-4-3-16-11-18(24-2)6-5-15(16)10-17/h3-6,9-11,13,19H,7-8,12H2,1-2H3/t19-/m1/s1. The Morgan fingerprint density at radius 2 is 1.92 bits per heavy atom. The van der Waals surface area contributed by atoms with E-state index in [-0.39, 0.29) is 6.10 Å². The number of nitrogens with zero attached hydrogens (tertiary/aromatic N) is 3. The first-order valence-corrected chi connectivity index (χ1v) is 8.46. The Hall–Kier alpha value is -2.66. The highest BCUT2D eigenvalue weighted by atomic mass is 16.5. The molecule has 0 saturated carbocycles. The van der Waals surface area contributed by atoms with Crippen LogP contribution in [0.4, 0.5) is 5.82 Å². The number of benzene rings is 2. The molecule has 0 bridgehead atoms. The number of aryl methyl sites for hydroxylation is 1. The number of aromatic nitrogens is 2. The van der Waals surface area contributed by atoms with Crippen LogP contribution in [0.25, 0.3) is 10.8 Å². The summed E-state index contributed by atoms with van der Waals surface area (Å²) in [7, 11) is 1.69. The Labute approximate surface area is 147 Å². The van der Waals surface area contributed by atoms with E-state index in [0.717, 1.165) is 30.4 Å². The number of methoxy groups -OCH3 is 1. The van der Waals surface area contributed by atoms with Crippen LogP contribution >= 0.6 is 0 Å². The summed E-state index contributed by atoms with van der Waals surface area (Å²) in [4.78, 5) is 10.9. The third kappa shape index (κ3) is 3.28. The molecule has 1 aliphatic heterocycles. The fourth-order valence-corrected chi connectivity index (χ4v) is 3.24. The molecule has 0 radical (unpaired) electrons. The molecular weight excluding hydrogens is 314 g/mol. The highest BCUT2D eigenvalue weighted by Gasteiger charge is 2.23. The third-order valence-electron chi connectivity index (χ3n) is 4.62. The lowest BCUT2D eigenvalue weighted by Gasteiger charge is -2.34. The van der Waals surface area contributed by atoms with E-state index >= 15 is 0 Å². The van der Waals surface area contributed by atoms with Gasteiger partial charge in [0.05, 0.1) is 13.7 Å². The van der Waals surface area contributed by atoms with Crippen LogP contribution in [-0.2, 0) is 4.74 Å². The summed E-state index contributed by atoms with van der Waals surface area (Å²) >= 11 is 0. The predicted molar refractivity (Wildman–Crippen MR) is 98.2 cm³/mol. The van der Waals surface area contributed by atoms with E-state index in [2.05, 4.69) is 45.2 Å². The predicted octanol–water partition coefficient (Wildman–Crippen LogP) is 3.52. The van der Waals surface area contributed by atoms with Crippen molar-refractivity contribution in [3.63, 3.8) is 0 Å². The molecule has 0 unspecified atom stereocenters. The zero-order valence-corrected chi connectivity index (χ0v) is 14.5. The Morgan fingerprint density at radius 3 is 2.76 bits per heavy atom. The Morgan fingerprint density at radius 1 is 1.08 bits per heavy atom. The number of hydrogen-bond donors (Lipinski definition) is 0. The molecule has 25 heavy (non-hydrogen) atoms. The Bertz CT molecular complexity index is 897. The molecule has 5 nitrogen and oxygen atoms in total. The Balaban J connectivity index is 1.59. The van der Waals surface area contributed by atoms with E-state index in [0.29, 0.717) is 6.61 Å². The molecule has 0 spiro atoms. The summed E-state index contributed by atoms with van der Waals surface area (Å²) in [6, 6.07) is 14.6. The van der Waals surface area contributed by atoms with Gasteiger partial charge in [-0.3, -0.25) is 0 Å². The van der Waals surface area contributed by atoms with E-state index in [1.165, 1.54) is 16.3 Å². The molecule has 4 rings (SSSR count). The van der Waals surface area contributed by atoms with Gasteiger partial charge < -0.3 is 14.4 Å². The molecule has 2 aromatic carbocycles. The molecule has 0 N–H and O–H groups in total. The summed E-state index contributed by atoms with van der Waals surface area (Å²) in [5.41, 5.74) is 2.17. The summed E-state index contributed by atoms with van der Waals surface area (Å²) in [5.74, 6) is 1.84. The lowest BCUT2D eigenvalue weighted by molar-refractivity contribution is 0.0396. The number of morpholine rings is 1. The van der Waals surface area contributed by atoms with Gasteiger partial charge in [-0.15, -0.1) is 0 Å². The maximum atomic E-state index is 6.03. The van der Waals surface area contributed by atoms with Crippen LogP contribution in [0, 0.1) is 6.92 Å². The van der Waals surface area contributed by atoms with Crippen molar-refractivity contribution in [3.8, 4) is 5.75 Å². The minimum absolute atomic E-state index is 0.0375. The molecular formula is C20H21N3O2. The van der Waals surface area contributed by atoms with Gasteiger partial charge in [0, 0.05) is 24.8 Å². The molecule has 1 aliphatic rings. The minimum atomic E-state index is 0.0375. The number of anilines is 1. The van der Waals surface area contributed by atoms with Crippen molar-refractivity contribution >= 4 is 16.6 Å². The molecule has 1 fully saturated rings. The van der Waals surface area contributed by atoms with Gasteiger partial charge in [0.1, 0.15) is 24.0 Å². The first-order valence-electron chi connectivity index (χ1n) is 8.46. The van der Waals surface area contributed by atoms with E-state index in [4.69, 9.17) is 9.47 Å². The maximum absolute atomic E-state index is 6.03. The molecule has 5 heteroatoms. The first kappa shape index (κ1) is 15.8. The van der Waals surface area contributed by atoms with Crippen molar-refractivity contribution < 1.29 is 9.47 Å². The van der Waals surface area contributed by atoms with Gasteiger partial charge in [-0.2, -0.15) is 0 Å². The number of hydrogen-bond acceptors (Lipinski definition) is 5.